The van der Waals surface area contributed by atoms with Crippen LogP contribution < -0.4 is 0 Å². The lowest BCUT2D eigenvalue weighted by molar-refractivity contribution is 0.0271. The van der Waals surface area contributed by atoms with Crippen molar-refractivity contribution >= 4 is 17.3 Å². The van der Waals surface area contributed by atoms with Crippen molar-refractivity contribution in [2.45, 2.75) is 19.4 Å². The Bertz CT molecular complexity index is 617. The summed E-state index contributed by atoms with van der Waals surface area (Å²) in [7, 11) is 0. The van der Waals surface area contributed by atoms with Crippen LogP contribution in [0.25, 0.3) is 11.3 Å². The average molecular weight is 289 g/mol. The lowest BCUT2D eigenvalue weighted by Crippen LogP contribution is -2.18. The van der Waals surface area contributed by atoms with Crippen LogP contribution in [0.5, 0.6) is 0 Å². The molecule has 1 aliphatic heterocycles. The summed E-state index contributed by atoms with van der Waals surface area (Å²) in [4.78, 5) is 16.5. The molecule has 0 radical (unpaired) electrons. The van der Waals surface area contributed by atoms with Crippen molar-refractivity contribution in [3.05, 3.63) is 40.2 Å². The van der Waals surface area contributed by atoms with Gasteiger partial charge in [-0.05, 0) is 19.1 Å². The first-order chi connectivity index (χ1) is 9.72. The number of hydrogen-bond acceptors (Lipinski definition) is 5. The largest absolute Gasteiger partial charge is 0.456 e. The number of benzene rings is 1. The van der Waals surface area contributed by atoms with E-state index >= 15 is 0 Å². The molecule has 1 aromatic carbocycles. The number of carbonyl (C=O) groups excluding carboxylic acids is 1. The van der Waals surface area contributed by atoms with Gasteiger partial charge in [0.05, 0.1) is 29.5 Å². The van der Waals surface area contributed by atoms with Crippen LogP contribution >= 0.6 is 11.3 Å². The van der Waals surface area contributed by atoms with Crippen molar-refractivity contribution < 1.29 is 14.3 Å². The van der Waals surface area contributed by atoms with Crippen LogP contribution in [-0.4, -0.2) is 30.3 Å². The summed E-state index contributed by atoms with van der Waals surface area (Å²) < 4.78 is 10.6. The maximum atomic E-state index is 12.1. The van der Waals surface area contributed by atoms with Crippen LogP contribution in [-0.2, 0) is 9.47 Å². The number of aromatic nitrogens is 1. The van der Waals surface area contributed by atoms with Gasteiger partial charge in [0.1, 0.15) is 6.10 Å². The van der Waals surface area contributed by atoms with E-state index in [4.69, 9.17) is 9.47 Å². The van der Waals surface area contributed by atoms with Crippen LogP contribution in [0.1, 0.15) is 21.8 Å². The summed E-state index contributed by atoms with van der Waals surface area (Å²) in [5.41, 5.74) is 2.39. The topological polar surface area (TPSA) is 48.4 Å². The molecule has 104 valence electrons. The second kappa shape index (κ2) is 5.73. The van der Waals surface area contributed by atoms with Crippen molar-refractivity contribution in [1.82, 2.24) is 4.98 Å². The van der Waals surface area contributed by atoms with Crippen molar-refractivity contribution in [1.29, 1.82) is 0 Å². The van der Waals surface area contributed by atoms with Gasteiger partial charge in [-0.25, -0.2) is 9.78 Å². The quantitative estimate of drug-likeness (QED) is 0.815. The van der Waals surface area contributed by atoms with E-state index in [1.807, 2.05) is 30.5 Å². The molecule has 0 unspecified atom stereocenters. The Labute approximate surface area is 121 Å². The average Bonchev–Trinajstić information content (AvgIpc) is 3.10. The zero-order valence-electron chi connectivity index (χ0n) is 11.2. The Kier molecular flexibility index (Phi) is 3.80. The molecule has 0 spiro atoms. The first-order valence-corrected chi connectivity index (χ1v) is 7.41. The monoisotopic (exact) mass is 289 g/mol. The molecule has 1 fully saturated rings. The summed E-state index contributed by atoms with van der Waals surface area (Å²) in [5, 5.41) is 3.00. The van der Waals surface area contributed by atoms with Gasteiger partial charge in [0.2, 0.25) is 0 Å². The summed E-state index contributed by atoms with van der Waals surface area (Å²) in [6.45, 7) is 3.12. The molecule has 4 nitrogen and oxygen atoms in total. The minimum atomic E-state index is -0.297. The fraction of sp³-hybridized carbons (Fsp3) is 0.333. The van der Waals surface area contributed by atoms with Gasteiger partial charge in [-0.2, -0.15) is 0 Å². The molecule has 0 bridgehead atoms. The Morgan fingerprint density at radius 1 is 1.50 bits per heavy atom. The zero-order valence-corrected chi connectivity index (χ0v) is 12.0. The zero-order chi connectivity index (χ0) is 13.9. The normalized spacial score (nSPS) is 18.1. The van der Waals surface area contributed by atoms with Gasteiger partial charge < -0.3 is 9.47 Å². The maximum absolute atomic E-state index is 12.1. The first kappa shape index (κ1) is 13.3. The third kappa shape index (κ3) is 2.89. The van der Waals surface area contributed by atoms with Gasteiger partial charge in [0.15, 0.2) is 0 Å². The van der Waals surface area contributed by atoms with Gasteiger partial charge in [-0.1, -0.05) is 12.1 Å². The van der Waals surface area contributed by atoms with Crippen molar-refractivity contribution in [3.8, 4) is 11.3 Å². The number of carbonyl (C=O) groups is 1. The number of hydrogen-bond donors (Lipinski definition) is 0. The summed E-state index contributed by atoms with van der Waals surface area (Å²) in [6.07, 6.45) is 0.657. The Morgan fingerprint density at radius 3 is 3.10 bits per heavy atom. The molecule has 1 saturated heterocycles. The fourth-order valence-electron chi connectivity index (χ4n) is 2.13. The van der Waals surface area contributed by atoms with E-state index in [-0.39, 0.29) is 12.1 Å². The summed E-state index contributed by atoms with van der Waals surface area (Å²) >= 11 is 1.60. The number of rotatable bonds is 3. The van der Waals surface area contributed by atoms with E-state index < -0.39 is 0 Å². The molecule has 3 rings (SSSR count). The first-order valence-electron chi connectivity index (χ1n) is 6.53. The molecule has 0 N–H and O–H groups in total. The lowest BCUT2D eigenvalue weighted by atomic mass is 10.1. The van der Waals surface area contributed by atoms with Crippen molar-refractivity contribution in [3.63, 3.8) is 0 Å². The Hall–Kier alpha value is -1.72. The van der Waals surface area contributed by atoms with E-state index in [2.05, 4.69) is 4.98 Å². The second-order valence-corrected chi connectivity index (χ2v) is 5.79. The highest BCUT2D eigenvalue weighted by Gasteiger charge is 2.21. The SMILES string of the molecule is Cc1nc(-c2cccc(C(=O)O[C@@H]3CCOC3)c2)cs1. The standard InChI is InChI=1S/C15H15NO3S/c1-10-16-14(9-20-10)11-3-2-4-12(7-11)15(17)19-13-5-6-18-8-13/h2-4,7,9,13H,5-6,8H2,1H3/t13-/m1/s1. The van der Waals surface area contributed by atoms with Gasteiger partial charge in [-0.3, -0.25) is 0 Å². The van der Waals surface area contributed by atoms with E-state index in [1.54, 1.807) is 17.4 Å². The maximum Gasteiger partial charge on any atom is 0.338 e. The Balaban J connectivity index is 1.78. The number of esters is 1. The molecule has 2 aromatic rings. The van der Waals surface area contributed by atoms with Gasteiger partial charge in [0, 0.05) is 17.4 Å². The third-order valence-electron chi connectivity index (χ3n) is 3.17. The second-order valence-electron chi connectivity index (χ2n) is 4.72. The minimum Gasteiger partial charge on any atom is -0.456 e. The molecule has 0 aliphatic carbocycles. The van der Waals surface area contributed by atoms with Gasteiger partial charge in [-0.15, -0.1) is 11.3 Å². The van der Waals surface area contributed by atoms with Crippen molar-refractivity contribution in [2.24, 2.45) is 0 Å². The molecule has 20 heavy (non-hydrogen) atoms. The van der Waals surface area contributed by atoms with Crippen LogP contribution in [0, 0.1) is 6.92 Å². The van der Waals surface area contributed by atoms with E-state index in [0.29, 0.717) is 18.8 Å². The predicted octanol–water partition coefficient (Wildman–Crippen LogP) is 3.06. The number of thiazole rings is 1. The summed E-state index contributed by atoms with van der Waals surface area (Å²) in [6, 6.07) is 7.39. The molecular formula is C15H15NO3S. The number of nitrogens with zero attached hydrogens (tertiary/aromatic N) is 1. The Morgan fingerprint density at radius 2 is 2.40 bits per heavy atom. The van der Waals surface area contributed by atoms with E-state index in [1.165, 1.54) is 0 Å². The third-order valence-corrected chi connectivity index (χ3v) is 3.95. The van der Waals surface area contributed by atoms with Crippen LogP contribution in [0.15, 0.2) is 29.6 Å². The molecule has 1 aliphatic rings. The van der Waals surface area contributed by atoms with Gasteiger partial charge in [0.25, 0.3) is 0 Å². The highest BCUT2D eigenvalue weighted by atomic mass is 32.1. The molecule has 2 heterocycles. The molecule has 5 heteroatoms. The van der Waals surface area contributed by atoms with Crippen molar-refractivity contribution in [2.75, 3.05) is 13.2 Å². The lowest BCUT2D eigenvalue weighted by Gasteiger charge is -2.10. The fourth-order valence-corrected chi connectivity index (χ4v) is 2.75. The van der Waals surface area contributed by atoms with E-state index in [0.717, 1.165) is 22.7 Å². The minimum absolute atomic E-state index is 0.118. The van der Waals surface area contributed by atoms with Gasteiger partial charge >= 0.3 is 5.97 Å². The molecule has 1 atom stereocenters. The van der Waals surface area contributed by atoms with Crippen LogP contribution in [0.3, 0.4) is 0 Å². The van der Waals surface area contributed by atoms with Crippen LogP contribution in [0.2, 0.25) is 0 Å². The number of aryl methyl sites for hydroxylation is 1. The number of ether oxygens (including phenoxy) is 2. The predicted molar refractivity (Wildman–Crippen MR) is 76.9 cm³/mol. The highest BCUT2D eigenvalue weighted by Crippen LogP contribution is 2.23. The van der Waals surface area contributed by atoms with E-state index in [9.17, 15) is 4.79 Å². The molecule has 1 aromatic heterocycles. The molecule has 0 saturated carbocycles. The highest BCUT2D eigenvalue weighted by molar-refractivity contribution is 7.09. The molecular weight excluding hydrogens is 274 g/mol. The molecule has 0 amide bonds. The van der Waals surface area contributed by atoms with Crippen LogP contribution in [0.4, 0.5) is 0 Å². The smallest absolute Gasteiger partial charge is 0.338 e. The summed E-state index contributed by atoms with van der Waals surface area (Å²) in [5.74, 6) is -0.297.